The molecule has 0 unspecified atom stereocenters. The van der Waals surface area contributed by atoms with Gasteiger partial charge >= 0.3 is 0 Å². The summed E-state index contributed by atoms with van der Waals surface area (Å²) in [4.78, 5) is 8.29. The summed E-state index contributed by atoms with van der Waals surface area (Å²) in [5, 5.41) is 11.9. The van der Waals surface area contributed by atoms with Crippen molar-refractivity contribution >= 4 is 5.82 Å². The lowest BCUT2D eigenvalue weighted by atomic mass is 10.1. The van der Waals surface area contributed by atoms with Gasteiger partial charge in [-0.15, -0.1) is 0 Å². The summed E-state index contributed by atoms with van der Waals surface area (Å²) < 4.78 is 5.39. The predicted molar refractivity (Wildman–Crippen MR) is 62.9 cm³/mol. The van der Waals surface area contributed by atoms with E-state index in [0.717, 1.165) is 17.9 Å². The molecule has 2 N–H and O–H groups in total. The standard InChI is InChI=1S/C11H19N3O2/c1-4-12-10-9(8(2)3)11(14-7-13-10)16-6-5-15/h7-8,15H,4-6H2,1-3H3,(H,12,13,14). The van der Waals surface area contributed by atoms with Crippen LogP contribution < -0.4 is 10.1 Å². The Morgan fingerprint density at radius 1 is 1.44 bits per heavy atom. The lowest BCUT2D eigenvalue weighted by molar-refractivity contribution is 0.195. The first-order valence-corrected chi connectivity index (χ1v) is 5.53. The molecule has 90 valence electrons. The van der Waals surface area contributed by atoms with Crippen LogP contribution in [0, 0.1) is 0 Å². The number of nitrogens with zero attached hydrogens (tertiary/aromatic N) is 2. The molecule has 0 saturated carbocycles. The van der Waals surface area contributed by atoms with Gasteiger partial charge in [0.1, 0.15) is 18.8 Å². The Morgan fingerprint density at radius 3 is 2.75 bits per heavy atom. The van der Waals surface area contributed by atoms with Crippen LogP contribution >= 0.6 is 0 Å². The molecule has 0 fully saturated rings. The maximum Gasteiger partial charge on any atom is 0.222 e. The molecule has 0 radical (unpaired) electrons. The number of aliphatic hydroxyl groups excluding tert-OH is 1. The highest BCUT2D eigenvalue weighted by atomic mass is 16.5. The summed E-state index contributed by atoms with van der Waals surface area (Å²) in [6.45, 7) is 7.17. The van der Waals surface area contributed by atoms with Gasteiger partial charge in [-0.1, -0.05) is 13.8 Å². The number of aliphatic hydroxyl groups is 1. The van der Waals surface area contributed by atoms with Gasteiger partial charge in [0.15, 0.2) is 0 Å². The minimum Gasteiger partial charge on any atom is -0.475 e. The zero-order chi connectivity index (χ0) is 12.0. The minimum atomic E-state index is -0.0158. The average Bonchev–Trinajstić information content (AvgIpc) is 2.26. The summed E-state index contributed by atoms with van der Waals surface area (Å²) in [5.74, 6) is 1.62. The molecule has 5 nitrogen and oxygen atoms in total. The molecule has 0 aliphatic rings. The molecule has 0 spiro atoms. The molecule has 0 amide bonds. The second kappa shape index (κ2) is 6.27. The normalized spacial score (nSPS) is 10.6. The molecule has 5 heteroatoms. The van der Waals surface area contributed by atoms with E-state index in [4.69, 9.17) is 9.84 Å². The zero-order valence-corrected chi connectivity index (χ0v) is 10.0. The first-order chi connectivity index (χ1) is 7.70. The van der Waals surface area contributed by atoms with Crippen molar-refractivity contribution in [2.75, 3.05) is 25.1 Å². The quantitative estimate of drug-likeness (QED) is 0.766. The number of hydrogen-bond donors (Lipinski definition) is 2. The predicted octanol–water partition coefficient (Wildman–Crippen LogP) is 1.40. The first-order valence-electron chi connectivity index (χ1n) is 5.53. The Kier molecular flexibility index (Phi) is 4.98. The van der Waals surface area contributed by atoms with E-state index in [2.05, 4.69) is 29.1 Å². The molecule has 0 saturated heterocycles. The van der Waals surface area contributed by atoms with Gasteiger partial charge in [0.05, 0.1) is 12.2 Å². The molecule has 16 heavy (non-hydrogen) atoms. The van der Waals surface area contributed by atoms with Crippen molar-refractivity contribution < 1.29 is 9.84 Å². The fraction of sp³-hybridized carbons (Fsp3) is 0.636. The van der Waals surface area contributed by atoms with Gasteiger partial charge in [0.25, 0.3) is 0 Å². The van der Waals surface area contributed by atoms with E-state index in [0.29, 0.717) is 5.88 Å². The Balaban J connectivity index is 3.00. The molecule has 1 aromatic rings. The van der Waals surface area contributed by atoms with Crippen molar-refractivity contribution in [1.82, 2.24) is 9.97 Å². The molecular formula is C11H19N3O2. The Labute approximate surface area is 95.9 Å². The largest absolute Gasteiger partial charge is 0.475 e. The van der Waals surface area contributed by atoms with E-state index in [-0.39, 0.29) is 19.1 Å². The van der Waals surface area contributed by atoms with Gasteiger partial charge in [-0.05, 0) is 12.8 Å². The van der Waals surface area contributed by atoms with Crippen molar-refractivity contribution in [3.63, 3.8) is 0 Å². The molecule has 1 aromatic heterocycles. The Bertz CT molecular complexity index is 329. The summed E-state index contributed by atoms with van der Waals surface area (Å²) in [6, 6.07) is 0. The third-order valence-corrected chi connectivity index (χ3v) is 2.10. The molecule has 1 rings (SSSR count). The number of ether oxygens (including phenoxy) is 1. The van der Waals surface area contributed by atoms with Gasteiger partial charge in [-0.2, -0.15) is 0 Å². The van der Waals surface area contributed by atoms with Crippen LogP contribution in [-0.2, 0) is 0 Å². The van der Waals surface area contributed by atoms with Crippen LogP contribution in [0.2, 0.25) is 0 Å². The highest BCUT2D eigenvalue weighted by Gasteiger charge is 2.15. The fourth-order valence-electron chi connectivity index (χ4n) is 1.47. The van der Waals surface area contributed by atoms with Crippen LogP contribution in [0.3, 0.4) is 0 Å². The van der Waals surface area contributed by atoms with Crippen LogP contribution in [0.1, 0.15) is 32.3 Å². The molecular weight excluding hydrogens is 206 g/mol. The minimum absolute atomic E-state index is 0.0158. The van der Waals surface area contributed by atoms with Gasteiger partial charge in [0, 0.05) is 6.54 Å². The van der Waals surface area contributed by atoms with Crippen molar-refractivity contribution in [3.05, 3.63) is 11.9 Å². The van der Waals surface area contributed by atoms with Crippen molar-refractivity contribution in [3.8, 4) is 5.88 Å². The van der Waals surface area contributed by atoms with Crippen LogP contribution in [0.5, 0.6) is 5.88 Å². The first kappa shape index (κ1) is 12.7. The maximum absolute atomic E-state index is 8.75. The van der Waals surface area contributed by atoms with Gasteiger partial charge < -0.3 is 15.2 Å². The Morgan fingerprint density at radius 2 is 2.19 bits per heavy atom. The number of rotatable bonds is 6. The third kappa shape index (κ3) is 3.06. The van der Waals surface area contributed by atoms with Gasteiger partial charge in [0.2, 0.25) is 5.88 Å². The molecule has 0 aliphatic heterocycles. The van der Waals surface area contributed by atoms with Crippen LogP contribution in [0.15, 0.2) is 6.33 Å². The number of anilines is 1. The highest BCUT2D eigenvalue weighted by Crippen LogP contribution is 2.29. The molecule has 1 heterocycles. The highest BCUT2D eigenvalue weighted by molar-refractivity contribution is 5.50. The van der Waals surface area contributed by atoms with Crippen molar-refractivity contribution in [2.24, 2.45) is 0 Å². The van der Waals surface area contributed by atoms with Gasteiger partial charge in [-0.3, -0.25) is 0 Å². The number of hydrogen-bond acceptors (Lipinski definition) is 5. The lowest BCUT2D eigenvalue weighted by Crippen LogP contribution is -2.11. The maximum atomic E-state index is 8.75. The van der Waals surface area contributed by atoms with E-state index in [9.17, 15) is 0 Å². The van der Waals surface area contributed by atoms with Crippen molar-refractivity contribution in [2.45, 2.75) is 26.7 Å². The zero-order valence-electron chi connectivity index (χ0n) is 10.0. The number of nitrogens with one attached hydrogen (secondary N) is 1. The van der Waals surface area contributed by atoms with Crippen molar-refractivity contribution in [1.29, 1.82) is 0 Å². The van der Waals surface area contributed by atoms with Crippen LogP contribution in [0.4, 0.5) is 5.82 Å². The van der Waals surface area contributed by atoms with E-state index in [1.165, 1.54) is 6.33 Å². The van der Waals surface area contributed by atoms with Crippen LogP contribution in [0.25, 0.3) is 0 Å². The third-order valence-electron chi connectivity index (χ3n) is 2.10. The summed E-state index contributed by atoms with van der Waals surface area (Å²) in [5.41, 5.74) is 0.956. The molecule has 0 bridgehead atoms. The molecule has 0 aliphatic carbocycles. The second-order valence-corrected chi connectivity index (χ2v) is 3.70. The molecule has 0 atom stereocenters. The lowest BCUT2D eigenvalue weighted by Gasteiger charge is -2.16. The summed E-state index contributed by atoms with van der Waals surface area (Å²) in [6.07, 6.45) is 1.47. The summed E-state index contributed by atoms with van der Waals surface area (Å²) >= 11 is 0. The van der Waals surface area contributed by atoms with E-state index in [1.54, 1.807) is 0 Å². The summed E-state index contributed by atoms with van der Waals surface area (Å²) in [7, 11) is 0. The van der Waals surface area contributed by atoms with E-state index >= 15 is 0 Å². The van der Waals surface area contributed by atoms with Gasteiger partial charge in [-0.25, -0.2) is 9.97 Å². The number of aromatic nitrogens is 2. The van der Waals surface area contributed by atoms with Crippen LogP contribution in [-0.4, -0.2) is 34.8 Å². The van der Waals surface area contributed by atoms with E-state index in [1.807, 2.05) is 6.92 Å². The monoisotopic (exact) mass is 225 g/mol. The molecule has 0 aromatic carbocycles. The second-order valence-electron chi connectivity index (χ2n) is 3.70. The topological polar surface area (TPSA) is 67.3 Å². The fourth-order valence-corrected chi connectivity index (χ4v) is 1.47. The Hall–Kier alpha value is -1.36. The SMILES string of the molecule is CCNc1ncnc(OCCO)c1C(C)C. The van der Waals surface area contributed by atoms with E-state index < -0.39 is 0 Å². The average molecular weight is 225 g/mol. The smallest absolute Gasteiger partial charge is 0.222 e.